The predicted octanol–water partition coefficient (Wildman–Crippen LogP) is 0.296. The Morgan fingerprint density at radius 2 is 2.12 bits per heavy atom. The summed E-state index contributed by atoms with van der Waals surface area (Å²) in [4.78, 5) is 10.0. The van der Waals surface area contributed by atoms with Crippen LogP contribution in [0.25, 0.3) is 0 Å². The third-order valence-electron chi connectivity index (χ3n) is 0.601. The van der Waals surface area contributed by atoms with Crippen LogP contribution in [0.15, 0.2) is 0 Å². The number of Topliss-reactive ketones (excluding diaryl/α,β-unsaturated/α-hetero) is 1. The molecule has 0 aliphatic carbocycles. The van der Waals surface area contributed by atoms with Gasteiger partial charge in [-0.25, -0.2) is 0 Å². The molecule has 8 heavy (non-hydrogen) atoms. The number of nitrogens with two attached hydrogens (primary N) is 1. The van der Waals surface area contributed by atoms with E-state index in [1.807, 2.05) is 0 Å². The normalized spacial score (nSPS) is 7.75. The van der Waals surface area contributed by atoms with E-state index in [-0.39, 0.29) is 31.2 Å². The highest BCUT2D eigenvalue weighted by Gasteiger charge is 1.93. The van der Waals surface area contributed by atoms with Crippen molar-refractivity contribution in [3.05, 3.63) is 0 Å². The molecule has 4 heteroatoms. The van der Waals surface area contributed by atoms with Crippen LogP contribution in [0.2, 0.25) is 0 Å². The minimum atomic E-state index is -0.587. The third-order valence-corrected chi connectivity index (χ3v) is 0.601. The molecule has 0 rings (SSSR count). The van der Waals surface area contributed by atoms with Gasteiger partial charge in [0.25, 0.3) is 0 Å². The summed E-state index contributed by atoms with van der Waals surface area (Å²) in [5, 5.41) is 0. The second kappa shape index (κ2) is 6.85. The molecule has 0 aromatic rings. The topological polar surface area (TPSA) is 43.1 Å². The highest BCUT2D eigenvalue weighted by molar-refractivity contribution is 5.85. The highest BCUT2D eigenvalue weighted by atomic mass is 35.5. The number of carbonyl (C=O) groups excluding carboxylic acids is 1. The SMILES string of the molecule is Cl.NCC(=O)CCF. The molecule has 0 saturated carbocycles. The first-order chi connectivity index (χ1) is 3.31. The Morgan fingerprint density at radius 3 is 2.25 bits per heavy atom. The maximum Gasteiger partial charge on any atom is 0.148 e. The van der Waals surface area contributed by atoms with Crippen LogP contribution in [0.3, 0.4) is 0 Å². The van der Waals surface area contributed by atoms with Gasteiger partial charge in [0.05, 0.1) is 13.2 Å². The average Bonchev–Trinajstić information content (AvgIpc) is 1.68. The highest BCUT2D eigenvalue weighted by Crippen LogP contribution is 1.79. The fraction of sp³-hybridized carbons (Fsp3) is 0.750. The summed E-state index contributed by atoms with van der Waals surface area (Å²) in [5.74, 6) is -0.220. The zero-order valence-corrected chi connectivity index (χ0v) is 5.21. The summed E-state index contributed by atoms with van der Waals surface area (Å²) >= 11 is 0. The fourth-order valence-electron chi connectivity index (χ4n) is 0.207. The van der Waals surface area contributed by atoms with Crippen molar-refractivity contribution in [2.24, 2.45) is 5.73 Å². The van der Waals surface area contributed by atoms with E-state index in [0.29, 0.717) is 0 Å². The van der Waals surface area contributed by atoms with Gasteiger partial charge in [0.2, 0.25) is 0 Å². The van der Waals surface area contributed by atoms with Gasteiger partial charge in [0.1, 0.15) is 5.78 Å². The molecule has 50 valence electrons. The van der Waals surface area contributed by atoms with Crippen LogP contribution in [0, 0.1) is 0 Å². The van der Waals surface area contributed by atoms with Crippen molar-refractivity contribution >= 4 is 18.2 Å². The maximum absolute atomic E-state index is 11.2. The number of carbonyl (C=O) groups is 1. The van der Waals surface area contributed by atoms with Crippen LogP contribution < -0.4 is 5.73 Å². The molecule has 0 radical (unpaired) electrons. The average molecular weight is 142 g/mol. The smallest absolute Gasteiger partial charge is 0.148 e. The predicted molar refractivity (Wildman–Crippen MR) is 31.9 cm³/mol. The van der Waals surface area contributed by atoms with Crippen molar-refractivity contribution in [1.82, 2.24) is 0 Å². The van der Waals surface area contributed by atoms with E-state index < -0.39 is 6.67 Å². The molecule has 0 aromatic carbocycles. The molecule has 0 aliphatic heterocycles. The molecule has 0 aliphatic rings. The number of halogens is 2. The number of hydrogen-bond donors (Lipinski definition) is 1. The lowest BCUT2D eigenvalue weighted by atomic mass is 10.3. The van der Waals surface area contributed by atoms with Crippen LogP contribution in [0.5, 0.6) is 0 Å². The van der Waals surface area contributed by atoms with Crippen molar-refractivity contribution in [2.75, 3.05) is 13.2 Å². The van der Waals surface area contributed by atoms with Gasteiger partial charge in [0, 0.05) is 6.42 Å². The zero-order chi connectivity index (χ0) is 5.70. The molecular formula is C4H9ClFNO. The van der Waals surface area contributed by atoms with Crippen molar-refractivity contribution in [3.8, 4) is 0 Å². The molecule has 0 aromatic heterocycles. The Bertz CT molecular complexity index is 69.1. The number of ketones is 1. The van der Waals surface area contributed by atoms with E-state index >= 15 is 0 Å². The molecule has 0 saturated heterocycles. The fourth-order valence-corrected chi connectivity index (χ4v) is 0.207. The lowest BCUT2D eigenvalue weighted by Gasteiger charge is -1.85. The Labute approximate surface area is 53.7 Å². The number of alkyl halides is 1. The molecule has 0 bridgehead atoms. The molecule has 0 spiro atoms. The largest absolute Gasteiger partial charge is 0.324 e. The minimum Gasteiger partial charge on any atom is -0.324 e. The van der Waals surface area contributed by atoms with Gasteiger partial charge in [-0.2, -0.15) is 0 Å². The quantitative estimate of drug-likeness (QED) is 0.614. The van der Waals surface area contributed by atoms with Crippen LogP contribution in [-0.4, -0.2) is 19.0 Å². The Balaban J connectivity index is 0. The first-order valence-corrected chi connectivity index (χ1v) is 2.09. The van der Waals surface area contributed by atoms with E-state index in [1.165, 1.54) is 0 Å². The standard InChI is InChI=1S/C4H8FNO.ClH/c5-2-1-4(7)3-6;/h1-3,6H2;1H. The van der Waals surface area contributed by atoms with Crippen molar-refractivity contribution in [1.29, 1.82) is 0 Å². The first kappa shape index (κ1) is 10.8. The number of hydrogen-bond acceptors (Lipinski definition) is 2. The summed E-state index contributed by atoms with van der Waals surface area (Å²) < 4.78 is 11.2. The summed E-state index contributed by atoms with van der Waals surface area (Å²) in [7, 11) is 0. The summed E-state index contributed by atoms with van der Waals surface area (Å²) in [6.45, 7) is -0.625. The zero-order valence-electron chi connectivity index (χ0n) is 4.39. The van der Waals surface area contributed by atoms with Crippen molar-refractivity contribution < 1.29 is 9.18 Å². The third kappa shape index (κ3) is 5.85. The molecule has 0 heterocycles. The molecular weight excluding hydrogens is 133 g/mol. The first-order valence-electron chi connectivity index (χ1n) is 2.09. The van der Waals surface area contributed by atoms with Crippen LogP contribution in [-0.2, 0) is 4.79 Å². The molecule has 0 amide bonds. The van der Waals surface area contributed by atoms with Crippen LogP contribution >= 0.6 is 12.4 Å². The van der Waals surface area contributed by atoms with E-state index in [1.54, 1.807) is 0 Å². The Hall–Kier alpha value is -0.150. The summed E-state index contributed by atoms with van der Waals surface area (Å²) in [6.07, 6.45) is -0.0312. The van der Waals surface area contributed by atoms with Gasteiger partial charge in [0.15, 0.2) is 0 Å². The minimum absolute atomic E-state index is 0. The lowest BCUT2D eigenvalue weighted by Crippen LogP contribution is -2.13. The molecule has 0 fully saturated rings. The molecule has 0 atom stereocenters. The number of rotatable bonds is 3. The van der Waals surface area contributed by atoms with E-state index in [0.717, 1.165) is 0 Å². The van der Waals surface area contributed by atoms with Crippen LogP contribution in [0.1, 0.15) is 6.42 Å². The summed E-state index contributed by atoms with van der Waals surface area (Å²) in [5.41, 5.74) is 4.84. The Kier molecular flexibility index (Phi) is 9.22. The second-order valence-electron chi connectivity index (χ2n) is 1.18. The van der Waals surface area contributed by atoms with Gasteiger partial charge < -0.3 is 5.73 Å². The van der Waals surface area contributed by atoms with E-state index in [4.69, 9.17) is 5.73 Å². The monoisotopic (exact) mass is 141 g/mol. The molecule has 2 nitrogen and oxygen atoms in total. The van der Waals surface area contributed by atoms with Gasteiger partial charge in [-0.15, -0.1) is 12.4 Å². The second-order valence-corrected chi connectivity index (χ2v) is 1.18. The van der Waals surface area contributed by atoms with Gasteiger partial charge in [-0.3, -0.25) is 9.18 Å². The maximum atomic E-state index is 11.2. The van der Waals surface area contributed by atoms with Gasteiger partial charge in [-0.05, 0) is 0 Å². The van der Waals surface area contributed by atoms with Crippen LogP contribution in [0.4, 0.5) is 4.39 Å². The van der Waals surface area contributed by atoms with Crippen molar-refractivity contribution in [3.63, 3.8) is 0 Å². The van der Waals surface area contributed by atoms with Gasteiger partial charge in [-0.1, -0.05) is 0 Å². The molecule has 2 N–H and O–H groups in total. The van der Waals surface area contributed by atoms with E-state index in [2.05, 4.69) is 0 Å². The van der Waals surface area contributed by atoms with Crippen molar-refractivity contribution in [2.45, 2.75) is 6.42 Å². The molecule has 0 unspecified atom stereocenters. The van der Waals surface area contributed by atoms with E-state index in [9.17, 15) is 9.18 Å². The Morgan fingerprint density at radius 1 is 1.62 bits per heavy atom. The van der Waals surface area contributed by atoms with Gasteiger partial charge >= 0.3 is 0 Å². The lowest BCUT2D eigenvalue weighted by molar-refractivity contribution is -0.117. The summed E-state index contributed by atoms with van der Waals surface area (Å²) in [6, 6.07) is 0.